The molecule has 0 aliphatic carbocycles. The third-order valence-electron chi connectivity index (χ3n) is 1.94. The van der Waals surface area contributed by atoms with Gasteiger partial charge in [0, 0.05) is 42.7 Å². The van der Waals surface area contributed by atoms with Gasteiger partial charge in [0.1, 0.15) is 0 Å². The Morgan fingerprint density at radius 2 is 0.565 bits per heavy atom. The normalized spacial score (nSPS) is 18.3. The molecule has 0 heterocycles. The van der Waals surface area contributed by atoms with Gasteiger partial charge in [-0.25, -0.2) is 18.3 Å². The van der Waals surface area contributed by atoms with Crippen LogP contribution in [0.5, 0.6) is 0 Å². The van der Waals surface area contributed by atoms with Crippen LogP contribution < -0.4 is 0 Å². The van der Waals surface area contributed by atoms with Crippen molar-refractivity contribution in [2.24, 2.45) is 0 Å². The molecule has 0 N–H and O–H groups in total. The summed E-state index contributed by atoms with van der Waals surface area (Å²) in [5, 5.41) is 0. The maximum absolute atomic E-state index is 12.2. The zero-order valence-electron chi connectivity index (χ0n) is 13.1. The van der Waals surface area contributed by atoms with Crippen molar-refractivity contribution in [1.29, 1.82) is 0 Å². The van der Waals surface area contributed by atoms with Gasteiger partial charge in [0.05, 0.1) is 0 Å². The molecule has 0 fully saturated rings. The Morgan fingerprint density at radius 1 is 0.391 bits per heavy atom. The molecule has 23 heavy (non-hydrogen) atoms. The molecule has 0 radical (unpaired) electrons. The molecule has 0 aromatic carbocycles. The molecule has 0 bridgehead atoms. The molecule has 0 saturated carbocycles. The van der Waals surface area contributed by atoms with Crippen LogP contribution in [0.2, 0.25) is 0 Å². The van der Waals surface area contributed by atoms with Crippen molar-refractivity contribution in [3.8, 4) is 0 Å². The van der Waals surface area contributed by atoms with E-state index in [0.717, 1.165) is 42.7 Å². The number of rotatable bonds is 12. The molecule has 0 rings (SSSR count). The molecule has 0 aliphatic heterocycles. The van der Waals surface area contributed by atoms with Crippen LogP contribution in [0.3, 0.4) is 0 Å². The van der Waals surface area contributed by atoms with Crippen molar-refractivity contribution < 1.29 is 58.3 Å². The lowest BCUT2D eigenvalue weighted by Gasteiger charge is -2.24. The molecule has 2 atom stereocenters. The Balaban J connectivity index is 5.49. The van der Waals surface area contributed by atoms with Crippen LogP contribution in [-0.4, -0.2) is 42.7 Å². The van der Waals surface area contributed by atoms with Crippen LogP contribution >= 0.6 is 31.3 Å². The fourth-order valence-corrected chi connectivity index (χ4v) is 6.96. The number of hydrogen-bond acceptors (Lipinski definition) is 13. The quantitative estimate of drug-likeness (QED) is 0.423. The maximum atomic E-state index is 12.2. The molecule has 17 heteroatoms. The maximum Gasteiger partial charge on any atom is 0.492 e. The van der Waals surface area contributed by atoms with E-state index in [9.17, 15) is 18.3 Å². The monoisotopic (exact) mass is 422 g/mol. The molecule has 0 aromatic heterocycles. The molecular formula is C6H18O13P4. The van der Waals surface area contributed by atoms with Crippen molar-refractivity contribution in [3.05, 3.63) is 0 Å². The fraction of sp³-hybridized carbons (Fsp3) is 1.00. The Morgan fingerprint density at radius 3 is 0.739 bits per heavy atom. The van der Waals surface area contributed by atoms with E-state index in [0.29, 0.717) is 0 Å². The van der Waals surface area contributed by atoms with E-state index in [1.165, 1.54) is 0 Å². The first-order valence-corrected chi connectivity index (χ1v) is 11.2. The van der Waals surface area contributed by atoms with E-state index in [1.807, 2.05) is 0 Å². The SMILES string of the molecule is COP(=O)(OC)OP(=O)(OC)OP(=O)(OC)OP(=O)(OC)OC. The van der Waals surface area contributed by atoms with Gasteiger partial charge >= 0.3 is 31.3 Å². The molecule has 0 aliphatic rings. The van der Waals surface area contributed by atoms with Crippen LogP contribution in [0.15, 0.2) is 0 Å². The van der Waals surface area contributed by atoms with E-state index in [-0.39, 0.29) is 0 Å². The summed E-state index contributed by atoms with van der Waals surface area (Å²) in [7, 11) is -13.1. The first-order valence-electron chi connectivity index (χ1n) is 5.37. The number of phosphoric ester groups is 2. The van der Waals surface area contributed by atoms with Gasteiger partial charge in [-0.3, -0.25) is 27.1 Å². The van der Waals surface area contributed by atoms with Crippen LogP contribution in [-0.2, 0) is 58.3 Å². The average molecular weight is 422 g/mol. The summed E-state index contributed by atoms with van der Waals surface area (Å²) >= 11 is 0. The summed E-state index contributed by atoms with van der Waals surface area (Å²) in [5.74, 6) is 0. The van der Waals surface area contributed by atoms with E-state index >= 15 is 0 Å². The molecule has 0 amide bonds. The smallest absolute Gasteiger partial charge is 0.290 e. The van der Waals surface area contributed by atoms with E-state index < -0.39 is 31.3 Å². The van der Waals surface area contributed by atoms with Crippen LogP contribution in [0.1, 0.15) is 0 Å². The lowest BCUT2D eigenvalue weighted by atomic mass is 11.8. The highest BCUT2D eigenvalue weighted by Gasteiger charge is 2.49. The van der Waals surface area contributed by atoms with E-state index in [1.54, 1.807) is 0 Å². The molecule has 0 saturated heterocycles. The third kappa shape index (κ3) is 7.13. The van der Waals surface area contributed by atoms with Crippen LogP contribution in [0.4, 0.5) is 0 Å². The summed E-state index contributed by atoms with van der Waals surface area (Å²) in [4.78, 5) is 0. The highest BCUT2D eigenvalue weighted by Crippen LogP contribution is 2.75. The second kappa shape index (κ2) is 9.31. The lowest BCUT2D eigenvalue weighted by Crippen LogP contribution is -2.02. The molecule has 13 nitrogen and oxygen atoms in total. The van der Waals surface area contributed by atoms with Gasteiger partial charge in [-0.2, -0.15) is 12.9 Å². The Kier molecular flexibility index (Phi) is 9.54. The van der Waals surface area contributed by atoms with Crippen LogP contribution in [0.25, 0.3) is 0 Å². The van der Waals surface area contributed by atoms with Gasteiger partial charge in [0.15, 0.2) is 0 Å². The third-order valence-corrected chi connectivity index (χ3v) is 9.42. The Hall–Kier alpha value is 0.560. The van der Waals surface area contributed by atoms with Gasteiger partial charge in [-0.1, -0.05) is 0 Å². The minimum absolute atomic E-state index is 0.808. The first kappa shape index (κ1) is 23.6. The topological polar surface area (TPSA) is 151 Å². The van der Waals surface area contributed by atoms with Gasteiger partial charge in [0.25, 0.3) is 0 Å². The van der Waals surface area contributed by atoms with Crippen molar-refractivity contribution >= 4 is 31.3 Å². The van der Waals surface area contributed by atoms with Gasteiger partial charge in [-0.15, -0.1) is 0 Å². The number of hydrogen-bond donors (Lipinski definition) is 0. The van der Waals surface area contributed by atoms with Crippen molar-refractivity contribution in [1.82, 2.24) is 0 Å². The zero-order valence-corrected chi connectivity index (χ0v) is 16.7. The van der Waals surface area contributed by atoms with Crippen molar-refractivity contribution in [2.75, 3.05) is 42.7 Å². The minimum Gasteiger partial charge on any atom is -0.290 e. The lowest BCUT2D eigenvalue weighted by molar-refractivity contribution is 0.146. The predicted molar refractivity (Wildman–Crippen MR) is 75.7 cm³/mol. The molecule has 2 unspecified atom stereocenters. The van der Waals surface area contributed by atoms with E-state index in [4.69, 9.17) is 0 Å². The largest absolute Gasteiger partial charge is 0.492 e. The zero-order chi connectivity index (χ0) is 18.4. The fourth-order valence-electron chi connectivity index (χ4n) is 0.813. The summed E-state index contributed by atoms with van der Waals surface area (Å²) in [6.07, 6.45) is 0. The van der Waals surface area contributed by atoms with Crippen LogP contribution in [0, 0.1) is 0 Å². The standard InChI is InChI=1S/C6H18O13P4/c1-11-20(7,12-2)17-22(9,15-5)19-23(10,16-6)18-21(8,13-3)14-4/h1-6H3. The summed E-state index contributed by atoms with van der Waals surface area (Å²) in [5.41, 5.74) is 0. The first-order chi connectivity index (χ1) is 10.5. The van der Waals surface area contributed by atoms with Gasteiger partial charge in [0.2, 0.25) is 0 Å². The second-order valence-electron chi connectivity index (χ2n) is 3.13. The van der Waals surface area contributed by atoms with E-state index in [2.05, 4.69) is 40.1 Å². The predicted octanol–water partition coefficient (Wildman–Crippen LogP) is 3.35. The highest BCUT2D eigenvalue weighted by molar-refractivity contribution is 7.70. The van der Waals surface area contributed by atoms with Crippen molar-refractivity contribution in [2.45, 2.75) is 0 Å². The van der Waals surface area contributed by atoms with Gasteiger partial charge < -0.3 is 0 Å². The molecule has 0 aromatic rings. The summed E-state index contributed by atoms with van der Waals surface area (Å²) in [6.45, 7) is 0. The highest BCUT2D eigenvalue weighted by atomic mass is 31.3. The second-order valence-corrected chi connectivity index (χ2v) is 10.9. The number of phosphoric acid groups is 4. The van der Waals surface area contributed by atoms with Gasteiger partial charge in [-0.05, 0) is 0 Å². The summed E-state index contributed by atoms with van der Waals surface area (Å²) < 4.78 is 87.9. The Labute approximate surface area is 133 Å². The average Bonchev–Trinajstić information content (AvgIpc) is 2.54. The Bertz CT molecular complexity index is 495. The van der Waals surface area contributed by atoms with Crippen molar-refractivity contribution in [3.63, 3.8) is 0 Å². The molecule has 140 valence electrons. The minimum atomic E-state index is -4.86. The molecular weight excluding hydrogens is 404 g/mol. The molecule has 0 spiro atoms. The summed E-state index contributed by atoms with van der Waals surface area (Å²) in [6, 6.07) is 0.